The zero-order chi connectivity index (χ0) is 11.8. The fourth-order valence-corrected chi connectivity index (χ4v) is 1.46. The molecule has 1 rings (SSSR count). The van der Waals surface area contributed by atoms with Crippen LogP contribution in [0, 0.1) is 0 Å². The largest absolute Gasteiger partial charge is 0.477 e. The van der Waals surface area contributed by atoms with E-state index in [1.165, 1.54) is 0 Å². The molecule has 0 amide bonds. The number of carboxylic acid groups (broad SMARTS) is 2. The molecule has 0 radical (unpaired) electrons. The Morgan fingerprint density at radius 1 is 1.07 bits per heavy atom. The maximum absolute atomic E-state index is 10.6. The monoisotopic (exact) mass is 238 g/mol. The van der Waals surface area contributed by atoms with Crippen LogP contribution in [-0.4, -0.2) is 40.6 Å². The first-order valence-corrected chi connectivity index (χ1v) is 4.94. The highest BCUT2D eigenvalue weighted by atomic mass is 32.2. The normalized spacial score (nSPS) is 17.1. The van der Waals surface area contributed by atoms with Gasteiger partial charge in [-0.05, 0) is 0 Å². The molecule has 0 aromatic heterocycles. The molecule has 0 aromatic carbocycles. The SMILES string of the molecule is O=C(O)C1=C(C(=O)O)NC(S(=O)(=O)O)N1. The van der Waals surface area contributed by atoms with Gasteiger partial charge in [-0.2, -0.15) is 8.42 Å². The van der Waals surface area contributed by atoms with Gasteiger partial charge in [-0.3, -0.25) is 4.55 Å². The first kappa shape index (κ1) is 11.3. The second-order valence-corrected chi connectivity index (χ2v) is 4.05. The molecule has 0 aromatic rings. The first-order chi connectivity index (χ1) is 6.73. The van der Waals surface area contributed by atoms with E-state index < -0.39 is 38.9 Å². The fourth-order valence-electron chi connectivity index (χ4n) is 0.929. The highest BCUT2D eigenvalue weighted by molar-refractivity contribution is 7.86. The van der Waals surface area contributed by atoms with Crippen molar-refractivity contribution < 1.29 is 32.8 Å². The average molecular weight is 238 g/mol. The van der Waals surface area contributed by atoms with E-state index in [0.717, 1.165) is 0 Å². The Balaban J connectivity index is 3.06. The molecule has 1 aliphatic rings. The van der Waals surface area contributed by atoms with Gasteiger partial charge in [-0.1, -0.05) is 0 Å². The third kappa shape index (κ3) is 2.16. The summed E-state index contributed by atoms with van der Waals surface area (Å²) in [6.07, 6.45) is 0. The van der Waals surface area contributed by atoms with E-state index in [1.807, 2.05) is 10.6 Å². The zero-order valence-electron chi connectivity index (χ0n) is 6.96. The standard InChI is InChI=1S/C5H6N2O7S/c8-3(9)1-2(4(10)11)7-5(6-1)15(12,13)14/h5-7H,(H,8,9)(H,10,11)(H,12,13,14). The summed E-state index contributed by atoms with van der Waals surface area (Å²) in [5, 5.41) is 20.7. The predicted octanol–water partition coefficient (Wildman–Crippen LogP) is -2.27. The summed E-state index contributed by atoms with van der Waals surface area (Å²) in [4.78, 5) is 21.0. The highest BCUT2D eigenvalue weighted by Gasteiger charge is 2.37. The second kappa shape index (κ2) is 3.40. The number of carbonyl (C=O) groups is 2. The van der Waals surface area contributed by atoms with Crippen LogP contribution in [0.2, 0.25) is 0 Å². The third-order valence-electron chi connectivity index (χ3n) is 1.53. The average Bonchev–Trinajstić information content (AvgIpc) is 2.45. The van der Waals surface area contributed by atoms with Crippen LogP contribution in [0.25, 0.3) is 0 Å². The van der Waals surface area contributed by atoms with Crippen molar-refractivity contribution in [2.45, 2.75) is 5.50 Å². The van der Waals surface area contributed by atoms with Crippen LogP contribution in [0.3, 0.4) is 0 Å². The van der Waals surface area contributed by atoms with E-state index in [9.17, 15) is 18.0 Å². The molecule has 15 heavy (non-hydrogen) atoms. The Labute approximate surface area is 83.1 Å². The number of hydrogen-bond acceptors (Lipinski definition) is 6. The molecule has 0 bridgehead atoms. The van der Waals surface area contributed by atoms with Crippen molar-refractivity contribution >= 4 is 22.1 Å². The van der Waals surface area contributed by atoms with Gasteiger partial charge in [0.1, 0.15) is 0 Å². The summed E-state index contributed by atoms with van der Waals surface area (Å²) in [5.41, 5.74) is -3.52. The molecule has 0 atom stereocenters. The van der Waals surface area contributed by atoms with E-state index in [0.29, 0.717) is 0 Å². The molecule has 0 saturated heterocycles. The quantitative estimate of drug-likeness (QED) is 0.342. The van der Waals surface area contributed by atoms with Crippen molar-refractivity contribution in [3.63, 3.8) is 0 Å². The van der Waals surface area contributed by atoms with E-state index in [-0.39, 0.29) is 0 Å². The molecule has 1 heterocycles. The molecule has 0 aliphatic carbocycles. The molecular formula is C5H6N2O7S. The summed E-state index contributed by atoms with van der Waals surface area (Å²) in [6.45, 7) is 0. The van der Waals surface area contributed by atoms with Gasteiger partial charge in [-0.25, -0.2) is 9.59 Å². The lowest BCUT2D eigenvalue weighted by atomic mass is 10.3. The highest BCUT2D eigenvalue weighted by Crippen LogP contribution is 2.11. The number of aliphatic carboxylic acids is 2. The smallest absolute Gasteiger partial charge is 0.354 e. The van der Waals surface area contributed by atoms with Crippen molar-refractivity contribution in [1.29, 1.82) is 0 Å². The first-order valence-electron chi connectivity index (χ1n) is 3.43. The zero-order valence-corrected chi connectivity index (χ0v) is 7.78. The van der Waals surface area contributed by atoms with Gasteiger partial charge < -0.3 is 20.8 Å². The minimum Gasteiger partial charge on any atom is -0.477 e. The van der Waals surface area contributed by atoms with E-state index in [1.54, 1.807) is 0 Å². The lowest BCUT2D eigenvalue weighted by Gasteiger charge is -2.08. The van der Waals surface area contributed by atoms with Crippen molar-refractivity contribution in [3.8, 4) is 0 Å². The predicted molar refractivity (Wildman–Crippen MR) is 43.9 cm³/mol. The van der Waals surface area contributed by atoms with Gasteiger partial charge in [-0.15, -0.1) is 0 Å². The van der Waals surface area contributed by atoms with E-state index in [4.69, 9.17) is 14.8 Å². The maximum atomic E-state index is 10.6. The van der Waals surface area contributed by atoms with Gasteiger partial charge in [0.05, 0.1) is 0 Å². The summed E-state index contributed by atoms with van der Waals surface area (Å²) in [6, 6.07) is 0. The fraction of sp³-hybridized carbons (Fsp3) is 0.200. The van der Waals surface area contributed by atoms with Crippen LogP contribution in [0.4, 0.5) is 0 Å². The van der Waals surface area contributed by atoms with Crippen molar-refractivity contribution in [2.75, 3.05) is 0 Å². The molecule has 5 N–H and O–H groups in total. The van der Waals surface area contributed by atoms with Crippen LogP contribution in [0.15, 0.2) is 11.4 Å². The molecule has 0 unspecified atom stereocenters. The summed E-state index contributed by atoms with van der Waals surface area (Å²) >= 11 is 0. The van der Waals surface area contributed by atoms with Gasteiger partial charge in [0, 0.05) is 0 Å². The Morgan fingerprint density at radius 2 is 1.40 bits per heavy atom. The molecule has 0 saturated carbocycles. The molecular weight excluding hydrogens is 232 g/mol. The molecule has 10 heteroatoms. The summed E-state index contributed by atoms with van der Waals surface area (Å²) in [5.74, 6) is -3.29. The Kier molecular flexibility index (Phi) is 2.55. The second-order valence-electron chi connectivity index (χ2n) is 2.54. The van der Waals surface area contributed by atoms with Crippen molar-refractivity contribution in [1.82, 2.24) is 10.6 Å². The van der Waals surface area contributed by atoms with Gasteiger partial charge >= 0.3 is 22.1 Å². The Bertz CT molecular complexity index is 424. The number of nitrogens with one attached hydrogen (secondary N) is 2. The third-order valence-corrected chi connectivity index (χ3v) is 2.36. The summed E-state index contributed by atoms with van der Waals surface area (Å²) < 4.78 is 29.7. The Morgan fingerprint density at radius 3 is 1.60 bits per heavy atom. The van der Waals surface area contributed by atoms with Crippen LogP contribution >= 0.6 is 0 Å². The van der Waals surface area contributed by atoms with E-state index >= 15 is 0 Å². The molecule has 0 fully saturated rings. The van der Waals surface area contributed by atoms with Crippen LogP contribution in [0.1, 0.15) is 0 Å². The molecule has 9 nitrogen and oxygen atoms in total. The molecule has 0 spiro atoms. The van der Waals surface area contributed by atoms with Gasteiger partial charge in [0.2, 0.25) is 5.50 Å². The lowest BCUT2D eigenvalue weighted by Crippen LogP contribution is -2.41. The topological polar surface area (TPSA) is 153 Å². The maximum Gasteiger partial charge on any atom is 0.354 e. The summed E-state index contributed by atoms with van der Waals surface area (Å²) in [7, 11) is -4.63. The van der Waals surface area contributed by atoms with Crippen LogP contribution in [0.5, 0.6) is 0 Å². The molecule has 1 aliphatic heterocycles. The van der Waals surface area contributed by atoms with Gasteiger partial charge in [0.15, 0.2) is 11.4 Å². The van der Waals surface area contributed by atoms with Crippen molar-refractivity contribution in [2.24, 2.45) is 0 Å². The minimum atomic E-state index is -4.63. The van der Waals surface area contributed by atoms with Crippen molar-refractivity contribution in [3.05, 3.63) is 11.4 Å². The molecule has 84 valence electrons. The minimum absolute atomic E-state index is 0.829. The van der Waals surface area contributed by atoms with Crippen LogP contribution < -0.4 is 10.6 Å². The van der Waals surface area contributed by atoms with Crippen LogP contribution in [-0.2, 0) is 19.7 Å². The van der Waals surface area contributed by atoms with Gasteiger partial charge in [0.25, 0.3) is 0 Å². The Hall–Kier alpha value is -1.81. The number of rotatable bonds is 3. The lowest BCUT2D eigenvalue weighted by molar-refractivity contribution is -0.136. The van der Waals surface area contributed by atoms with E-state index in [2.05, 4.69) is 0 Å². The number of hydrogen-bond donors (Lipinski definition) is 5. The number of carboxylic acids is 2.